The van der Waals surface area contributed by atoms with Crippen LogP contribution in [0.15, 0.2) is 74.9 Å². The molecular formula is C25H17BrF2N4O3S. The largest absolute Gasteiger partial charge is 0.453 e. The van der Waals surface area contributed by atoms with E-state index in [1.807, 2.05) is 13.1 Å². The van der Waals surface area contributed by atoms with Gasteiger partial charge in [-0.2, -0.15) is 10.1 Å². The average Bonchev–Trinajstić information content (AvgIpc) is 3.45. The van der Waals surface area contributed by atoms with Gasteiger partial charge in [-0.15, -0.1) is 0 Å². The molecule has 0 radical (unpaired) electrons. The first kappa shape index (κ1) is 24.0. The van der Waals surface area contributed by atoms with E-state index in [-0.39, 0.29) is 28.1 Å². The van der Waals surface area contributed by atoms with E-state index in [1.165, 1.54) is 48.2 Å². The number of aromatic nitrogens is 3. The van der Waals surface area contributed by atoms with Crippen molar-refractivity contribution in [1.29, 1.82) is 0 Å². The third kappa shape index (κ3) is 4.71. The molecule has 1 amide bonds. The van der Waals surface area contributed by atoms with E-state index in [2.05, 4.69) is 31.3 Å². The fraction of sp³-hybridized carbons (Fsp3) is 0.0800. The van der Waals surface area contributed by atoms with Gasteiger partial charge in [0.25, 0.3) is 11.1 Å². The van der Waals surface area contributed by atoms with Gasteiger partial charge in [0, 0.05) is 29.8 Å². The SMILES string of the molecule is CSc1nc(C(=O)Nc2ccc(Oc3cc4cnn(C)c4cc3Br)c(F)c2)c(-c2ccc(F)cc2)o1. The van der Waals surface area contributed by atoms with Crippen LogP contribution in [-0.4, -0.2) is 26.9 Å². The molecule has 2 aromatic heterocycles. The second-order valence-electron chi connectivity index (χ2n) is 7.68. The lowest BCUT2D eigenvalue weighted by Gasteiger charge is -2.11. The Morgan fingerprint density at radius 2 is 1.89 bits per heavy atom. The minimum atomic E-state index is -0.672. The zero-order valence-corrected chi connectivity index (χ0v) is 21.3. The smallest absolute Gasteiger partial charge is 0.278 e. The summed E-state index contributed by atoms with van der Waals surface area (Å²) in [6, 6.07) is 13.2. The summed E-state index contributed by atoms with van der Waals surface area (Å²) >= 11 is 4.66. The van der Waals surface area contributed by atoms with Gasteiger partial charge >= 0.3 is 0 Å². The lowest BCUT2D eigenvalue weighted by molar-refractivity contribution is 0.102. The quantitative estimate of drug-likeness (QED) is 0.220. The van der Waals surface area contributed by atoms with E-state index in [4.69, 9.17) is 9.15 Å². The molecule has 36 heavy (non-hydrogen) atoms. The Balaban J connectivity index is 1.38. The number of benzene rings is 3. The predicted molar refractivity (Wildman–Crippen MR) is 137 cm³/mol. The van der Waals surface area contributed by atoms with Gasteiger partial charge in [-0.1, -0.05) is 11.8 Å². The van der Waals surface area contributed by atoms with Gasteiger partial charge in [-0.05, 0) is 70.7 Å². The number of ether oxygens (including phenoxy) is 1. The van der Waals surface area contributed by atoms with Crippen LogP contribution in [0.5, 0.6) is 11.5 Å². The standard InChI is InChI=1S/C25H17BrF2N4O3S/c1-32-19-11-17(26)21(9-14(19)12-29-32)34-20-8-7-16(10-18(20)28)30-24(33)22-23(35-25(31-22)36-2)13-3-5-15(27)6-4-13/h3-12H,1-2H3,(H,30,33). The van der Waals surface area contributed by atoms with Crippen molar-refractivity contribution < 1.29 is 22.7 Å². The Hall–Kier alpha value is -3.70. The van der Waals surface area contributed by atoms with Gasteiger partial charge in [0.2, 0.25) is 0 Å². The molecule has 11 heteroatoms. The Morgan fingerprint density at radius 3 is 2.61 bits per heavy atom. The summed E-state index contributed by atoms with van der Waals surface area (Å²) in [5.74, 6) is -1.10. The van der Waals surface area contributed by atoms with Gasteiger partial charge < -0.3 is 14.5 Å². The first-order valence-electron chi connectivity index (χ1n) is 10.5. The van der Waals surface area contributed by atoms with E-state index < -0.39 is 17.5 Å². The summed E-state index contributed by atoms with van der Waals surface area (Å²) in [6.45, 7) is 0. The summed E-state index contributed by atoms with van der Waals surface area (Å²) in [6.07, 6.45) is 3.44. The fourth-order valence-electron chi connectivity index (χ4n) is 3.54. The van der Waals surface area contributed by atoms with Crippen LogP contribution < -0.4 is 10.1 Å². The molecule has 0 atom stereocenters. The highest BCUT2D eigenvalue weighted by molar-refractivity contribution is 9.10. The minimum absolute atomic E-state index is 0.000367. The zero-order chi connectivity index (χ0) is 25.4. The van der Waals surface area contributed by atoms with Crippen molar-refractivity contribution in [3.63, 3.8) is 0 Å². The number of oxazole rings is 1. The van der Waals surface area contributed by atoms with Gasteiger partial charge in [0.1, 0.15) is 11.6 Å². The third-order valence-corrected chi connectivity index (χ3v) is 6.46. The van der Waals surface area contributed by atoms with E-state index in [0.717, 1.165) is 17.0 Å². The number of hydrogen-bond acceptors (Lipinski definition) is 6. The molecule has 0 aliphatic carbocycles. The molecule has 0 spiro atoms. The molecule has 3 aromatic carbocycles. The van der Waals surface area contributed by atoms with E-state index in [9.17, 15) is 13.6 Å². The number of nitrogens with one attached hydrogen (secondary N) is 1. The van der Waals surface area contributed by atoms with Crippen molar-refractivity contribution in [2.75, 3.05) is 11.6 Å². The first-order valence-corrected chi connectivity index (χ1v) is 12.5. The summed E-state index contributed by atoms with van der Waals surface area (Å²) in [5.41, 5.74) is 1.58. The average molecular weight is 571 g/mol. The maximum absolute atomic E-state index is 14.9. The second kappa shape index (κ2) is 9.75. The molecule has 1 N–H and O–H groups in total. The summed E-state index contributed by atoms with van der Waals surface area (Å²) in [7, 11) is 1.82. The number of hydrogen-bond donors (Lipinski definition) is 1. The fourth-order valence-corrected chi connectivity index (χ4v) is 4.30. The normalized spacial score (nSPS) is 11.1. The van der Waals surface area contributed by atoms with E-state index >= 15 is 0 Å². The molecule has 7 nitrogen and oxygen atoms in total. The van der Waals surface area contributed by atoms with E-state index in [1.54, 1.807) is 23.2 Å². The molecular weight excluding hydrogens is 554 g/mol. The predicted octanol–water partition coefficient (Wildman–Crippen LogP) is 7.04. The van der Waals surface area contributed by atoms with Crippen LogP contribution in [-0.2, 0) is 7.05 Å². The van der Waals surface area contributed by atoms with Gasteiger partial charge in [0.05, 0.1) is 16.2 Å². The highest BCUT2D eigenvalue weighted by atomic mass is 79.9. The van der Waals surface area contributed by atoms with E-state index in [0.29, 0.717) is 15.8 Å². The maximum atomic E-state index is 14.9. The number of carbonyl (C=O) groups excluding carboxylic acids is 1. The van der Waals surface area contributed by atoms with Crippen molar-refractivity contribution in [3.05, 3.63) is 82.6 Å². The van der Waals surface area contributed by atoms with Crippen molar-refractivity contribution in [3.8, 4) is 22.8 Å². The molecule has 5 rings (SSSR count). The minimum Gasteiger partial charge on any atom is -0.453 e. The number of anilines is 1. The van der Waals surface area contributed by atoms with Crippen molar-refractivity contribution in [2.45, 2.75) is 5.22 Å². The molecule has 5 aromatic rings. The molecule has 2 heterocycles. The molecule has 0 saturated heterocycles. The number of halogens is 3. The molecule has 0 aliphatic heterocycles. The lowest BCUT2D eigenvalue weighted by Crippen LogP contribution is -2.13. The Bertz CT molecular complexity index is 1600. The summed E-state index contributed by atoms with van der Waals surface area (Å²) in [4.78, 5) is 17.2. The molecule has 0 bridgehead atoms. The second-order valence-corrected chi connectivity index (χ2v) is 9.29. The van der Waals surface area contributed by atoms with Gasteiger partial charge in [0.15, 0.2) is 23.0 Å². The maximum Gasteiger partial charge on any atom is 0.278 e. The number of carbonyl (C=O) groups is 1. The van der Waals surface area contributed by atoms with Crippen molar-refractivity contribution in [2.24, 2.45) is 7.05 Å². The van der Waals surface area contributed by atoms with Crippen LogP contribution in [0.25, 0.3) is 22.2 Å². The molecule has 0 fully saturated rings. The van der Waals surface area contributed by atoms with Crippen LogP contribution in [0.3, 0.4) is 0 Å². The third-order valence-electron chi connectivity index (χ3n) is 5.31. The summed E-state index contributed by atoms with van der Waals surface area (Å²) < 4.78 is 42.0. The van der Waals surface area contributed by atoms with Crippen LogP contribution in [0.1, 0.15) is 10.5 Å². The highest BCUT2D eigenvalue weighted by Crippen LogP contribution is 2.35. The zero-order valence-electron chi connectivity index (χ0n) is 18.9. The topological polar surface area (TPSA) is 82.2 Å². The van der Waals surface area contributed by atoms with Crippen molar-refractivity contribution >= 4 is 50.2 Å². The number of amides is 1. The summed E-state index contributed by atoms with van der Waals surface area (Å²) in [5, 5.41) is 7.94. The highest BCUT2D eigenvalue weighted by Gasteiger charge is 2.22. The molecule has 0 unspecified atom stereocenters. The van der Waals surface area contributed by atoms with Crippen molar-refractivity contribution in [1.82, 2.24) is 14.8 Å². The molecule has 0 aliphatic rings. The van der Waals surface area contributed by atoms with Crippen LogP contribution in [0.2, 0.25) is 0 Å². The Morgan fingerprint density at radius 1 is 1.11 bits per heavy atom. The lowest BCUT2D eigenvalue weighted by atomic mass is 10.1. The number of rotatable bonds is 6. The van der Waals surface area contributed by atoms with Crippen LogP contribution >= 0.6 is 27.7 Å². The van der Waals surface area contributed by atoms with Gasteiger partial charge in [-0.25, -0.2) is 8.78 Å². The Kier molecular flexibility index (Phi) is 6.50. The first-order chi connectivity index (χ1) is 17.3. The number of nitrogens with zero attached hydrogens (tertiary/aromatic N) is 3. The molecule has 182 valence electrons. The number of fused-ring (bicyclic) bond motifs is 1. The number of thioether (sulfide) groups is 1. The Labute approximate surface area is 216 Å². The van der Waals surface area contributed by atoms with Crippen LogP contribution in [0.4, 0.5) is 14.5 Å². The monoisotopic (exact) mass is 570 g/mol. The van der Waals surface area contributed by atoms with Gasteiger partial charge in [-0.3, -0.25) is 9.48 Å². The van der Waals surface area contributed by atoms with Crippen LogP contribution in [0, 0.1) is 11.6 Å². The number of aryl methyl sites for hydroxylation is 1. The molecule has 0 saturated carbocycles.